The monoisotopic (exact) mass is 366 g/mol. The van der Waals surface area contributed by atoms with E-state index in [9.17, 15) is 24.8 Å². The Kier molecular flexibility index (Phi) is 4.75. The third-order valence-electron chi connectivity index (χ3n) is 3.91. The molecule has 0 aliphatic heterocycles. The summed E-state index contributed by atoms with van der Waals surface area (Å²) in [5, 5.41) is 24.0. The van der Waals surface area contributed by atoms with Gasteiger partial charge in [0.2, 0.25) is 0 Å². The molecule has 27 heavy (non-hydrogen) atoms. The van der Waals surface area contributed by atoms with E-state index in [1.165, 1.54) is 12.1 Å². The van der Waals surface area contributed by atoms with Crippen LogP contribution in [0.4, 0.5) is 5.69 Å². The molecular formula is C18H14N4O5. The van der Waals surface area contributed by atoms with Gasteiger partial charge in [-0.1, -0.05) is 12.1 Å². The maximum Gasteiger partial charge on any atom is 0.274 e. The van der Waals surface area contributed by atoms with Crippen molar-refractivity contribution >= 4 is 28.8 Å². The lowest BCUT2D eigenvalue weighted by atomic mass is 10.1. The van der Waals surface area contributed by atoms with Crippen molar-refractivity contribution in [2.24, 2.45) is 0 Å². The zero-order valence-electron chi connectivity index (χ0n) is 14.2. The van der Waals surface area contributed by atoms with Crippen LogP contribution in [0.2, 0.25) is 0 Å². The number of hydrogen-bond donors (Lipinski definition) is 2. The van der Waals surface area contributed by atoms with Crippen LogP contribution in [0.3, 0.4) is 0 Å². The van der Waals surface area contributed by atoms with Gasteiger partial charge < -0.3 is 15.2 Å². The Hall–Kier alpha value is -3.88. The van der Waals surface area contributed by atoms with Crippen LogP contribution in [-0.4, -0.2) is 38.7 Å². The number of amides is 1. The lowest BCUT2D eigenvalue weighted by Gasteiger charge is -2.10. The van der Waals surface area contributed by atoms with Gasteiger partial charge in [0.05, 0.1) is 28.4 Å². The van der Waals surface area contributed by atoms with Crippen LogP contribution in [0.1, 0.15) is 16.2 Å². The smallest absolute Gasteiger partial charge is 0.274 e. The number of hydrogen-bond acceptors (Lipinski definition) is 7. The van der Waals surface area contributed by atoms with Gasteiger partial charge in [0.15, 0.2) is 11.4 Å². The number of nitrogens with one attached hydrogen (secondary N) is 1. The number of non-ortho nitro benzene ring substituents is 1. The van der Waals surface area contributed by atoms with E-state index in [0.717, 1.165) is 0 Å². The van der Waals surface area contributed by atoms with Crippen molar-refractivity contribution in [2.75, 3.05) is 6.54 Å². The molecule has 0 unspecified atom stereocenters. The second-order valence-corrected chi connectivity index (χ2v) is 5.67. The van der Waals surface area contributed by atoms with Gasteiger partial charge in [-0.2, -0.15) is 0 Å². The van der Waals surface area contributed by atoms with E-state index in [1.807, 2.05) is 0 Å². The number of carbonyl (C=O) groups is 2. The number of pyridine rings is 2. The molecule has 0 aliphatic carbocycles. The van der Waals surface area contributed by atoms with Crippen LogP contribution < -0.4 is 5.32 Å². The highest BCUT2D eigenvalue weighted by Gasteiger charge is 2.19. The first-order valence-electron chi connectivity index (χ1n) is 7.89. The number of aromatic hydroxyl groups is 1. The van der Waals surface area contributed by atoms with Crippen LogP contribution in [0.5, 0.6) is 5.75 Å². The van der Waals surface area contributed by atoms with Gasteiger partial charge in [0.25, 0.3) is 11.6 Å². The van der Waals surface area contributed by atoms with Crippen molar-refractivity contribution in [1.29, 1.82) is 0 Å². The first-order valence-corrected chi connectivity index (χ1v) is 7.89. The number of nitrogens with zero attached hydrogens (tertiary/aromatic N) is 3. The number of aryl methyl sites for hydroxylation is 1. The van der Waals surface area contributed by atoms with Crippen molar-refractivity contribution < 1.29 is 19.6 Å². The van der Waals surface area contributed by atoms with Gasteiger partial charge in [-0.3, -0.25) is 14.9 Å². The lowest BCUT2D eigenvalue weighted by molar-refractivity contribution is -0.384. The first-order chi connectivity index (χ1) is 12.9. The molecular weight excluding hydrogens is 352 g/mol. The third-order valence-corrected chi connectivity index (χ3v) is 3.91. The number of carbonyl (C=O) groups excluding carboxylic acids is 2. The van der Waals surface area contributed by atoms with Crippen molar-refractivity contribution in [3.05, 3.63) is 57.9 Å². The van der Waals surface area contributed by atoms with E-state index in [4.69, 9.17) is 0 Å². The Balaban J connectivity index is 2.10. The molecule has 3 aromatic rings. The Morgan fingerprint density at radius 2 is 2.07 bits per heavy atom. The van der Waals surface area contributed by atoms with E-state index < -0.39 is 10.8 Å². The molecule has 0 fully saturated rings. The summed E-state index contributed by atoms with van der Waals surface area (Å²) in [7, 11) is 0. The molecule has 0 radical (unpaired) electrons. The van der Waals surface area contributed by atoms with Crippen LogP contribution in [0.25, 0.3) is 22.2 Å². The van der Waals surface area contributed by atoms with Gasteiger partial charge in [-0.25, -0.2) is 9.97 Å². The van der Waals surface area contributed by atoms with Gasteiger partial charge in [-0.15, -0.1) is 0 Å². The van der Waals surface area contributed by atoms with Gasteiger partial charge in [0.1, 0.15) is 6.29 Å². The molecule has 3 rings (SSSR count). The van der Waals surface area contributed by atoms with E-state index in [-0.39, 0.29) is 23.7 Å². The minimum atomic E-state index is -0.674. The quantitative estimate of drug-likeness (QED) is 0.401. The number of aromatic nitrogens is 2. The highest BCUT2D eigenvalue weighted by molar-refractivity contribution is 6.02. The zero-order valence-corrected chi connectivity index (χ0v) is 14.2. The topological polar surface area (TPSA) is 135 Å². The van der Waals surface area contributed by atoms with Crippen molar-refractivity contribution in [3.63, 3.8) is 0 Å². The molecule has 0 aliphatic rings. The molecule has 0 saturated heterocycles. The average molecular weight is 366 g/mol. The minimum absolute atomic E-state index is 0.0608. The minimum Gasteiger partial charge on any atom is -0.505 e. The molecule has 0 saturated carbocycles. The van der Waals surface area contributed by atoms with Crippen molar-refractivity contribution in [2.45, 2.75) is 6.92 Å². The molecule has 9 heteroatoms. The van der Waals surface area contributed by atoms with Crippen molar-refractivity contribution in [1.82, 2.24) is 15.3 Å². The number of nitro benzene ring substituents is 1. The molecule has 2 heterocycles. The third kappa shape index (κ3) is 3.43. The predicted molar refractivity (Wildman–Crippen MR) is 96.4 cm³/mol. The van der Waals surface area contributed by atoms with Crippen LogP contribution in [0, 0.1) is 17.0 Å². The SMILES string of the molecule is Cc1nc(C(=O)NCC=O)c(O)c2ccc(-c3cccc([N+](=O)[O-])c3)nc12. The van der Waals surface area contributed by atoms with E-state index in [1.54, 1.807) is 31.2 Å². The lowest BCUT2D eigenvalue weighted by Crippen LogP contribution is -2.26. The summed E-state index contributed by atoms with van der Waals surface area (Å²) in [6.45, 7) is 1.43. The largest absolute Gasteiger partial charge is 0.505 e. The Morgan fingerprint density at radius 1 is 1.30 bits per heavy atom. The molecule has 9 nitrogen and oxygen atoms in total. The highest BCUT2D eigenvalue weighted by Crippen LogP contribution is 2.31. The molecule has 2 N–H and O–H groups in total. The van der Waals surface area contributed by atoms with Crippen LogP contribution in [0.15, 0.2) is 36.4 Å². The maximum atomic E-state index is 12.0. The number of benzene rings is 1. The fourth-order valence-electron chi connectivity index (χ4n) is 2.64. The van der Waals surface area contributed by atoms with Gasteiger partial charge in [0, 0.05) is 23.1 Å². The molecule has 136 valence electrons. The van der Waals surface area contributed by atoms with Gasteiger partial charge >= 0.3 is 0 Å². The second-order valence-electron chi connectivity index (χ2n) is 5.67. The fourth-order valence-corrected chi connectivity index (χ4v) is 2.64. The molecule has 2 aromatic heterocycles. The first kappa shape index (κ1) is 17.9. The molecule has 1 amide bonds. The zero-order chi connectivity index (χ0) is 19.6. The second kappa shape index (κ2) is 7.16. The van der Waals surface area contributed by atoms with E-state index >= 15 is 0 Å². The normalized spacial score (nSPS) is 10.6. The number of rotatable bonds is 5. The standard InChI is InChI=1S/C18H14N4O5/c1-10-15-13(17(24)16(20-10)18(25)19-7-8-23)5-6-14(21-15)11-3-2-4-12(9-11)22(26)27/h2-6,8-9,24H,7H2,1H3,(H,19,25). The molecule has 0 bridgehead atoms. The molecule has 1 aromatic carbocycles. The summed E-state index contributed by atoms with van der Waals surface area (Å²) in [5.74, 6) is -1.02. The van der Waals surface area contributed by atoms with Crippen LogP contribution in [-0.2, 0) is 4.79 Å². The van der Waals surface area contributed by atoms with E-state index in [0.29, 0.717) is 34.1 Å². The summed E-state index contributed by atoms with van der Waals surface area (Å²) in [6, 6.07) is 9.18. The van der Waals surface area contributed by atoms with E-state index in [2.05, 4.69) is 15.3 Å². The number of aldehydes is 1. The fraction of sp³-hybridized carbons (Fsp3) is 0.111. The van der Waals surface area contributed by atoms with Crippen molar-refractivity contribution in [3.8, 4) is 17.0 Å². The Bertz CT molecular complexity index is 1080. The Labute approximate surface area is 152 Å². The summed E-state index contributed by atoms with van der Waals surface area (Å²) in [6.07, 6.45) is 0.524. The maximum absolute atomic E-state index is 12.0. The highest BCUT2D eigenvalue weighted by atomic mass is 16.6. The molecule has 0 atom stereocenters. The summed E-state index contributed by atoms with van der Waals surface area (Å²) in [4.78, 5) is 41.4. The summed E-state index contributed by atoms with van der Waals surface area (Å²) < 4.78 is 0. The number of fused-ring (bicyclic) bond motifs is 1. The summed E-state index contributed by atoms with van der Waals surface area (Å²) >= 11 is 0. The van der Waals surface area contributed by atoms with Gasteiger partial charge in [-0.05, 0) is 19.1 Å². The Morgan fingerprint density at radius 3 is 2.78 bits per heavy atom. The number of nitro groups is 1. The predicted octanol–water partition coefficient (Wildman–Crippen LogP) is 2.15. The summed E-state index contributed by atoms with van der Waals surface area (Å²) in [5.41, 5.74) is 1.50. The average Bonchev–Trinajstić information content (AvgIpc) is 2.68. The molecule has 0 spiro atoms. The van der Waals surface area contributed by atoms with Crippen LogP contribution >= 0.6 is 0 Å².